The summed E-state index contributed by atoms with van der Waals surface area (Å²) < 4.78 is 0. The number of amides is 8. The molecule has 10 atom stereocenters. The molecule has 0 fully saturated rings. The number of aliphatic hydroxyl groups is 1. The molecule has 0 saturated carbocycles. The molecule has 424 valence electrons. The number of nitrogens with two attached hydrogens (primary N) is 1. The number of aliphatic hydroxyl groups excluding tert-OH is 1. The molecule has 20 heteroatoms. The van der Waals surface area contributed by atoms with E-state index in [4.69, 9.17) is 5.73 Å². The Labute approximate surface area is 449 Å². The first-order valence-electron chi connectivity index (χ1n) is 26.7. The van der Waals surface area contributed by atoms with E-state index in [1.807, 2.05) is 55.4 Å². The number of nitrogens with one attached hydrogen (secondary N) is 8. The fourth-order valence-corrected chi connectivity index (χ4v) is 8.40. The molecule has 0 unspecified atom stereocenters. The Morgan fingerprint density at radius 2 is 0.671 bits per heavy atom. The minimum atomic E-state index is -1.46. The maximum Gasteiger partial charge on any atom is 0.326 e. The summed E-state index contributed by atoms with van der Waals surface area (Å²) in [5, 5.41) is 42.1. The quantitative estimate of drug-likeness (QED) is 0.0504. The van der Waals surface area contributed by atoms with Crippen molar-refractivity contribution in [1.29, 1.82) is 0 Å². The third-order valence-electron chi connectivity index (χ3n) is 12.5. The molecule has 0 aliphatic carbocycles. The van der Waals surface area contributed by atoms with Gasteiger partial charge in [-0.2, -0.15) is 0 Å². The Morgan fingerprint density at radius 3 is 1.01 bits per heavy atom. The summed E-state index contributed by atoms with van der Waals surface area (Å²) in [6.07, 6.45) is -0.674. The fourth-order valence-electron chi connectivity index (χ4n) is 8.40. The molecule has 0 bridgehead atoms. The third-order valence-corrected chi connectivity index (χ3v) is 12.5. The molecule has 2 rings (SSSR count). The molecule has 0 aromatic heterocycles. The number of benzene rings is 2. The molecule has 2 aromatic rings. The van der Waals surface area contributed by atoms with Crippen molar-refractivity contribution < 1.29 is 53.4 Å². The smallest absolute Gasteiger partial charge is 0.326 e. The maximum atomic E-state index is 14.5. The van der Waals surface area contributed by atoms with E-state index in [1.54, 1.807) is 88.4 Å². The van der Waals surface area contributed by atoms with Crippen LogP contribution in [0.1, 0.15) is 127 Å². The van der Waals surface area contributed by atoms with Crippen LogP contribution in [0, 0.1) is 35.5 Å². The first-order chi connectivity index (χ1) is 35.5. The Bertz CT molecular complexity index is 2210. The van der Waals surface area contributed by atoms with Crippen molar-refractivity contribution in [3.8, 4) is 0 Å². The highest BCUT2D eigenvalue weighted by Gasteiger charge is 2.37. The van der Waals surface area contributed by atoms with Crippen LogP contribution < -0.4 is 48.3 Å². The second kappa shape index (κ2) is 32.2. The molecule has 0 aliphatic heterocycles. The highest BCUT2D eigenvalue weighted by molar-refractivity contribution is 5.98. The minimum Gasteiger partial charge on any atom is -0.480 e. The molecular weight excluding hydrogens is 975 g/mol. The van der Waals surface area contributed by atoms with Gasteiger partial charge in [0.1, 0.15) is 48.3 Å². The van der Waals surface area contributed by atoms with E-state index < -0.39 is 126 Å². The molecule has 0 heterocycles. The average molecular weight is 1060 g/mol. The van der Waals surface area contributed by atoms with Crippen molar-refractivity contribution in [3.05, 3.63) is 71.8 Å². The molecular formula is C56H89N9O11. The van der Waals surface area contributed by atoms with Gasteiger partial charge in [-0.1, -0.05) is 144 Å². The van der Waals surface area contributed by atoms with Gasteiger partial charge in [0.05, 0.1) is 12.1 Å². The highest BCUT2D eigenvalue weighted by atomic mass is 16.4. The summed E-state index contributed by atoms with van der Waals surface area (Å²) in [6, 6.07) is 6.60. The number of carboxylic acids is 1. The van der Waals surface area contributed by atoms with Gasteiger partial charge < -0.3 is 58.5 Å². The lowest BCUT2D eigenvalue weighted by molar-refractivity contribution is -0.142. The molecule has 0 saturated heterocycles. The van der Waals surface area contributed by atoms with Gasteiger partial charge in [-0.15, -0.1) is 0 Å². The second-order valence-corrected chi connectivity index (χ2v) is 22.3. The predicted octanol–water partition coefficient (Wildman–Crippen LogP) is 2.64. The number of rotatable bonds is 32. The number of hydrogen-bond acceptors (Lipinski definition) is 11. The molecule has 76 heavy (non-hydrogen) atoms. The first-order valence-corrected chi connectivity index (χ1v) is 26.7. The van der Waals surface area contributed by atoms with E-state index in [0.717, 1.165) is 0 Å². The van der Waals surface area contributed by atoms with E-state index in [-0.39, 0.29) is 55.8 Å². The van der Waals surface area contributed by atoms with Crippen LogP contribution in [0.3, 0.4) is 0 Å². The van der Waals surface area contributed by atoms with Crippen LogP contribution in [-0.2, 0) is 56.0 Å². The van der Waals surface area contributed by atoms with Gasteiger partial charge in [0.2, 0.25) is 47.3 Å². The lowest BCUT2D eigenvalue weighted by Gasteiger charge is -2.30. The number of carboxylic acid groups (broad SMARTS) is 1. The summed E-state index contributed by atoms with van der Waals surface area (Å²) >= 11 is 0. The topological polar surface area (TPSA) is 316 Å². The molecule has 0 aliphatic rings. The monoisotopic (exact) mass is 1060 g/mol. The van der Waals surface area contributed by atoms with Crippen LogP contribution >= 0.6 is 0 Å². The largest absolute Gasteiger partial charge is 0.480 e. The molecule has 0 spiro atoms. The summed E-state index contributed by atoms with van der Waals surface area (Å²) in [5.74, 6) is -8.43. The van der Waals surface area contributed by atoms with E-state index in [2.05, 4.69) is 42.5 Å². The van der Waals surface area contributed by atoms with E-state index in [0.29, 0.717) is 17.5 Å². The Kier molecular flexibility index (Phi) is 27.9. The Hall–Kier alpha value is -6.41. The van der Waals surface area contributed by atoms with Gasteiger partial charge in [-0.3, -0.25) is 38.4 Å². The van der Waals surface area contributed by atoms with E-state index in [9.17, 15) is 53.4 Å². The SMILES string of the molecule is CC(C)C[C@H](NC(=O)[C@H](CC(C)C)NC(=O)[C@H](Cc1ccccc1)NC(=O)[C@@H](NC(=O)[C@@H](NC(=O)[C@@H](N)CC(C)C)[C@@H](C)O)C(C)C)C(=O)N[C@@H](CC(C)C)C(=O)N[C@H](C(=O)N[C@@H](Cc1ccccc1)C(=O)O)C(C)C. The Balaban J connectivity index is 2.41. The lowest BCUT2D eigenvalue weighted by Crippen LogP contribution is -2.62. The highest BCUT2D eigenvalue weighted by Crippen LogP contribution is 2.15. The van der Waals surface area contributed by atoms with Crippen LogP contribution in [0.4, 0.5) is 0 Å². The third kappa shape index (κ3) is 23.2. The standard InChI is InChI=1S/C56H89N9O11/c1-30(2)24-39(57)48(67)65-47(36(13)66)55(74)64-46(35(11)12)53(72)61-43(28-37-20-16-14-17-21-37)51(70)59-41(26-32(5)6)49(68)58-40(25-31(3)4)50(69)60-42(27-33(7)8)52(71)63-45(34(9)10)54(73)62-44(56(75)76)29-38-22-18-15-19-23-38/h14-23,30-36,39-47,66H,24-29,57H2,1-13H3,(H,58,68)(H,59,70)(H,60,69)(H,61,72)(H,62,73)(H,63,71)(H,64,74)(H,65,67)(H,75,76)/t36-,39+,40+,41+,42+,43+,44+,45+,46+,47+/m1/s1. The van der Waals surface area contributed by atoms with Gasteiger partial charge in [0, 0.05) is 12.8 Å². The van der Waals surface area contributed by atoms with Gasteiger partial charge in [-0.05, 0) is 79.2 Å². The zero-order valence-corrected chi connectivity index (χ0v) is 46.9. The van der Waals surface area contributed by atoms with Crippen molar-refractivity contribution in [1.82, 2.24) is 42.5 Å². The van der Waals surface area contributed by atoms with Crippen molar-refractivity contribution in [2.75, 3.05) is 0 Å². The fraction of sp³-hybridized carbons (Fsp3) is 0.625. The first kappa shape index (κ1) is 65.7. The molecule has 12 N–H and O–H groups in total. The van der Waals surface area contributed by atoms with Crippen LogP contribution in [-0.4, -0.2) is 124 Å². The van der Waals surface area contributed by atoms with Crippen molar-refractivity contribution in [2.24, 2.45) is 41.2 Å². The summed E-state index contributed by atoms with van der Waals surface area (Å²) in [6.45, 7) is 22.9. The van der Waals surface area contributed by atoms with Crippen molar-refractivity contribution in [3.63, 3.8) is 0 Å². The normalized spacial score (nSPS) is 15.5. The average Bonchev–Trinajstić information content (AvgIpc) is 3.32. The van der Waals surface area contributed by atoms with Gasteiger partial charge in [0.15, 0.2) is 0 Å². The van der Waals surface area contributed by atoms with Crippen LogP contribution in [0.2, 0.25) is 0 Å². The molecule has 8 amide bonds. The van der Waals surface area contributed by atoms with Crippen molar-refractivity contribution in [2.45, 2.75) is 189 Å². The van der Waals surface area contributed by atoms with Crippen LogP contribution in [0.25, 0.3) is 0 Å². The summed E-state index contributed by atoms with van der Waals surface area (Å²) in [5.41, 5.74) is 7.39. The number of aliphatic carboxylic acids is 1. The van der Waals surface area contributed by atoms with Gasteiger partial charge in [0.25, 0.3) is 0 Å². The van der Waals surface area contributed by atoms with Crippen molar-refractivity contribution >= 4 is 53.2 Å². The van der Waals surface area contributed by atoms with Gasteiger partial charge in [-0.25, -0.2) is 4.79 Å². The zero-order valence-electron chi connectivity index (χ0n) is 46.9. The van der Waals surface area contributed by atoms with Gasteiger partial charge >= 0.3 is 5.97 Å². The molecule has 20 nitrogen and oxygen atoms in total. The maximum absolute atomic E-state index is 14.5. The summed E-state index contributed by atoms with van der Waals surface area (Å²) in [4.78, 5) is 124. The molecule has 0 radical (unpaired) electrons. The second-order valence-electron chi connectivity index (χ2n) is 22.3. The Morgan fingerprint density at radius 1 is 0.382 bits per heavy atom. The number of carbonyl (C=O) groups excluding carboxylic acids is 8. The number of hydrogen-bond donors (Lipinski definition) is 11. The predicted molar refractivity (Wildman–Crippen MR) is 291 cm³/mol. The summed E-state index contributed by atoms with van der Waals surface area (Å²) in [7, 11) is 0. The number of carbonyl (C=O) groups is 9. The van der Waals surface area contributed by atoms with E-state index >= 15 is 0 Å². The van der Waals surface area contributed by atoms with Crippen LogP contribution in [0.5, 0.6) is 0 Å². The molecule has 2 aromatic carbocycles. The van der Waals surface area contributed by atoms with E-state index in [1.165, 1.54) is 6.92 Å². The lowest BCUT2D eigenvalue weighted by atomic mass is 9.97. The minimum absolute atomic E-state index is 0.00788. The zero-order chi connectivity index (χ0) is 57.6. The van der Waals surface area contributed by atoms with Crippen LogP contribution in [0.15, 0.2) is 60.7 Å².